The van der Waals surface area contributed by atoms with Gasteiger partial charge < -0.3 is 4.74 Å². The van der Waals surface area contributed by atoms with Gasteiger partial charge in [-0.15, -0.1) is 0 Å². The van der Waals surface area contributed by atoms with Crippen LogP contribution in [0.1, 0.15) is 27.7 Å². The molecular weight excluding hydrogens is 276 g/mol. The average molecular weight is 302 g/mol. The number of alkyl halides is 3. The van der Waals surface area contributed by atoms with Gasteiger partial charge in [-0.3, -0.25) is 0 Å². The van der Waals surface area contributed by atoms with E-state index in [1.54, 1.807) is 0 Å². The van der Waals surface area contributed by atoms with Crippen molar-refractivity contribution in [1.82, 2.24) is 0 Å². The Bertz CT molecular complexity index is 189. The molecule has 0 unspecified atom stereocenters. The first-order chi connectivity index (χ1) is 9.54. The van der Waals surface area contributed by atoms with Crippen molar-refractivity contribution in [3.05, 3.63) is 36.4 Å². The minimum Gasteiger partial charge on any atom is -0.322 e. The van der Waals surface area contributed by atoms with E-state index in [0.29, 0.717) is 0 Å². The Hall–Kier alpha value is -1.14. The molecule has 6 heteroatoms. The van der Waals surface area contributed by atoms with Crippen molar-refractivity contribution in [3.63, 3.8) is 0 Å². The van der Waals surface area contributed by atoms with Gasteiger partial charge in [-0.05, 0) is 4.53 Å². The first-order valence-electron chi connectivity index (χ1n) is 6.17. The lowest BCUT2D eigenvalue weighted by molar-refractivity contribution is -0.229. The molecule has 0 atom stereocenters. The van der Waals surface area contributed by atoms with Crippen LogP contribution in [0.15, 0.2) is 36.4 Å². The van der Waals surface area contributed by atoms with Gasteiger partial charge in [0.25, 0.3) is 0 Å². The van der Waals surface area contributed by atoms with E-state index < -0.39 is 12.8 Å². The van der Waals surface area contributed by atoms with Crippen LogP contribution >= 0.6 is 0 Å². The Labute approximate surface area is 119 Å². The molecule has 0 aliphatic rings. The Morgan fingerprint density at radius 1 is 0.800 bits per heavy atom. The molecule has 1 aromatic rings. The van der Waals surface area contributed by atoms with Crippen LogP contribution in [0.2, 0.25) is 0 Å². The first kappa shape index (κ1) is 27.2. The lowest BCUT2D eigenvalue weighted by atomic mass is 10.4. The SMILES string of the molecule is CC.CC.COC(F)(F)CF.COF.c1ccccc1. The molecule has 0 aliphatic carbocycles. The fourth-order valence-corrected chi connectivity index (χ4v) is 0.439. The summed E-state index contributed by atoms with van der Waals surface area (Å²) in [6.07, 6.45) is -3.58. The molecule has 0 spiro atoms. The molecule has 0 amide bonds. The van der Waals surface area contributed by atoms with Crippen LogP contribution in [0.25, 0.3) is 0 Å². The summed E-state index contributed by atoms with van der Waals surface area (Å²) in [6.45, 7) is 6.24. The average Bonchev–Trinajstić information content (AvgIpc) is 2.54. The third kappa shape index (κ3) is 36.0. The van der Waals surface area contributed by atoms with Gasteiger partial charge in [-0.2, -0.15) is 13.7 Å². The number of benzene rings is 1. The zero-order chi connectivity index (χ0) is 16.9. The minimum atomic E-state index is -3.58. The summed E-state index contributed by atoms with van der Waals surface area (Å²) in [7, 11) is 1.71. The fourth-order valence-electron chi connectivity index (χ4n) is 0.439. The zero-order valence-corrected chi connectivity index (χ0v) is 13.0. The highest BCUT2D eigenvalue weighted by Gasteiger charge is 2.27. The number of methoxy groups -OCH3 is 1. The van der Waals surface area contributed by atoms with Crippen LogP contribution < -0.4 is 0 Å². The van der Waals surface area contributed by atoms with Gasteiger partial charge in [-0.25, -0.2) is 4.39 Å². The highest BCUT2D eigenvalue weighted by Crippen LogP contribution is 2.12. The maximum Gasteiger partial charge on any atom is 0.383 e. The topological polar surface area (TPSA) is 18.5 Å². The molecule has 0 saturated heterocycles. The summed E-state index contributed by atoms with van der Waals surface area (Å²) in [6, 6.07) is 12.0. The number of halogens is 4. The Balaban J connectivity index is -0.0000000895. The predicted octanol–water partition coefficient (Wildman–Crippen LogP) is 5.45. The summed E-state index contributed by atoms with van der Waals surface area (Å²) in [4.78, 5) is 2.75. The Morgan fingerprint density at radius 2 is 1.00 bits per heavy atom. The lowest BCUT2D eigenvalue weighted by Crippen LogP contribution is -2.20. The number of rotatable bonds is 2. The minimum absolute atomic E-state index is 0.750. The van der Waals surface area contributed by atoms with E-state index in [4.69, 9.17) is 0 Å². The van der Waals surface area contributed by atoms with Crippen molar-refractivity contribution in [2.75, 3.05) is 20.9 Å². The van der Waals surface area contributed by atoms with Crippen LogP contribution in [-0.2, 0) is 9.68 Å². The second-order valence-electron chi connectivity index (χ2n) is 2.28. The van der Waals surface area contributed by atoms with E-state index in [2.05, 4.69) is 9.68 Å². The number of ether oxygens (including phenoxy) is 1. The number of hydrogen-bond donors (Lipinski definition) is 0. The zero-order valence-electron chi connectivity index (χ0n) is 13.0. The third-order valence-electron chi connectivity index (χ3n) is 1.12. The third-order valence-corrected chi connectivity index (χ3v) is 1.12. The van der Waals surface area contributed by atoms with Gasteiger partial charge in [0.15, 0.2) is 6.67 Å². The van der Waals surface area contributed by atoms with Gasteiger partial charge in [0.1, 0.15) is 0 Å². The van der Waals surface area contributed by atoms with Gasteiger partial charge in [0.05, 0.1) is 7.11 Å². The summed E-state index contributed by atoms with van der Waals surface area (Å²) < 4.78 is 46.6. The molecule has 0 heterocycles. The molecule has 0 aliphatic heterocycles. The van der Waals surface area contributed by atoms with Crippen LogP contribution in [0.4, 0.5) is 17.7 Å². The molecule has 0 N–H and O–H groups in total. The summed E-state index contributed by atoms with van der Waals surface area (Å²) in [5.41, 5.74) is 0. The molecule has 122 valence electrons. The van der Waals surface area contributed by atoms with Crippen LogP contribution in [0.3, 0.4) is 0 Å². The lowest BCUT2D eigenvalue weighted by Gasteiger charge is -2.06. The van der Waals surface area contributed by atoms with Crippen LogP contribution in [0.5, 0.6) is 0 Å². The van der Waals surface area contributed by atoms with E-state index in [9.17, 15) is 17.7 Å². The van der Waals surface area contributed by atoms with Gasteiger partial charge >= 0.3 is 6.11 Å². The Kier molecular flexibility index (Phi) is 36.0. The first-order valence-corrected chi connectivity index (χ1v) is 6.17. The van der Waals surface area contributed by atoms with Crippen LogP contribution in [-0.4, -0.2) is 27.0 Å². The van der Waals surface area contributed by atoms with Crippen molar-refractivity contribution < 1.29 is 27.4 Å². The van der Waals surface area contributed by atoms with E-state index in [1.165, 1.54) is 0 Å². The predicted molar refractivity (Wildman–Crippen MR) is 75.2 cm³/mol. The number of hydrogen-bond acceptors (Lipinski definition) is 2. The summed E-state index contributed by atoms with van der Waals surface area (Å²) in [5.74, 6) is 0. The van der Waals surface area contributed by atoms with Crippen molar-refractivity contribution >= 4 is 0 Å². The van der Waals surface area contributed by atoms with E-state index in [0.717, 1.165) is 14.2 Å². The van der Waals surface area contributed by atoms with Crippen LogP contribution in [0, 0.1) is 0 Å². The smallest absolute Gasteiger partial charge is 0.322 e. The molecule has 2 nitrogen and oxygen atoms in total. The Morgan fingerprint density at radius 3 is 1.05 bits per heavy atom. The van der Waals surface area contributed by atoms with E-state index >= 15 is 0 Å². The fraction of sp³-hybridized carbons (Fsp3) is 0.571. The molecule has 0 radical (unpaired) electrons. The van der Waals surface area contributed by atoms with Crippen molar-refractivity contribution in [1.29, 1.82) is 0 Å². The standard InChI is InChI=1S/C6H6.C3H5F3O.2C2H6.CH3FO/c1-2-4-6-5-3-1;1-7-3(5,6)2-4;2*1-2;1-3-2/h1-6H;2H2,1H3;2*1-2H3;1H3. The molecular formula is C14H26F4O2. The quantitative estimate of drug-likeness (QED) is 0.676. The van der Waals surface area contributed by atoms with E-state index in [-0.39, 0.29) is 0 Å². The normalized spacial score (nSPS) is 8.10. The second-order valence-corrected chi connectivity index (χ2v) is 2.28. The van der Waals surface area contributed by atoms with E-state index in [1.807, 2.05) is 64.1 Å². The van der Waals surface area contributed by atoms with Gasteiger partial charge in [-0.1, -0.05) is 64.1 Å². The summed E-state index contributed by atoms with van der Waals surface area (Å²) >= 11 is 0. The second kappa shape index (κ2) is 26.4. The molecule has 1 aromatic carbocycles. The van der Waals surface area contributed by atoms with Gasteiger partial charge in [0.2, 0.25) is 0 Å². The summed E-state index contributed by atoms with van der Waals surface area (Å²) in [5, 5.41) is 0. The van der Waals surface area contributed by atoms with Gasteiger partial charge in [0, 0.05) is 7.11 Å². The molecule has 0 aromatic heterocycles. The molecule has 20 heavy (non-hydrogen) atoms. The highest BCUT2D eigenvalue weighted by atomic mass is 19.3. The highest BCUT2D eigenvalue weighted by molar-refractivity contribution is 4.99. The molecule has 0 bridgehead atoms. The monoisotopic (exact) mass is 302 g/mol. The molecule has 0 fully saturated rings. The maximum absolute atomic E-state index is 11.3. The van der Waals surface area contributed by atoms with Crippen molar-refractivity contribution in [2.45, 2.75) is 33.8 Å². The van der Waals surface area contributed by atoms with Crippen molar-refractivity contribution in [3.8, 4) is 0 Å². The molecule has 1 rings (SSSR count). The van der Waals surface area contributed by atoms with Crippen molar-refractivity contribution in [2.24, 2.45) is 0 Å². The largest absolute Gasteiger partial charge is 0.383 e. The molecule has 0 saturated carbocycles. The maximum atomic E-state index is 11.3.